The molecule has 1 heterocycles. The topological polar surface area (TPSA) is 44.1 Å². The van der Waals surface area contributed by atoms with Crippen molar-refractivity contribution in [1.82, 2.24) is 9.55 Å². The summed E-state index contributed by atoms with van der Waals surface area (Å²) >= 11 is 5.80. The molecule has 1 aromatic heterocycles. The van der Waals surface area contributed by atoms with E-state index >= 15 is 0 Å². The van der Waals surface area contributed by atoms with E-state index in [0.29, 0.717) is 29.4 Å². The zero-order valence-electron chi connectivity index (χ0n) is 9.97. The van der Waals surface area contributed by atoms with Gasteiger partial charge >= 0.3 is 0 Å². The predicted octanol–water partition coefficient (Wildman–Crippen LogP) is 2.51. The Morgan fingerprint density at radius 2 is 2.33 bits per heavy atom. The molecule has 4 nitrogen and oxygen atoms in total. The third-order valence-corrected chi connectivity index (χ3v) is 2.84. The van der Waals surface area contributed by atoms with Crippen molar-refractivity contribution in [2.75, 3.05) is 6.61 Å². The number of carbonyl (C=O) groups is 1. The molecule has 0 saturated carbocycles. The molecule has 2 rings (SSSR count). The van der Waals surface area contributed by atoms with Crippen molar-refractivity contribution in [1.29, 1.82) is 0 Å². The van der Waals surface area contributed by atoms with E-state index in [4.69, 9.17) is 16.3 Å². The number of halogens is 1. The summed E-state index contributed by atoms with van der Waals surface area (Å²) < 4.78 is 7.50. The number of nitrogens with zero attached hydrogens (tertiary/aromatic N) is 2. The third kappa shape index (κ3) is 2.90. The summed E-state index contributed by atoms with van der Waals surface area (Å²) in [7, 11) is 1.93. The Morgan fingerprint density at radius 1 is 1.50 bits per heavy atom. The highest BCUT2D eigenvalue weighted by molar-refractivity contribution is 6.30. The van der Waals surface area contributed by atoms with Crippen LogP contribution in [0.25, 0.3) is 0 Å². The molecule has 18 heavy (non-hydrogen) atoms. The second-order valence-corrected chi connectivity index (χ2v) is 4.29. The summed E-state index contributed by atoms with van der Waals surface area (Å²) in [4.78, 5) is 15.1. The molecule has 0 saturated heterocycles. The van der Waals surface area contributed by atoms with E-state index in [0.717, 1.165) is 12.1 Å². The van der Waals surface area contributed by atoms with Gasteiger partial charge in [-0.1, -0.05) is 11.6 Å². The van der Waals surface area contributed by atoms with Crippen molar-refractivity contribution in [3.8, 4) is 5.75 Å². The zero-order chi connectivity index (χ0) is 13.0. The minimum atomic E-state index is 0.461. The first-order chi connectivity index (χ1) is 8.70. The fourth-order valence-corrected chi connectivity index (χ4v) is 1.81. The molecular weight excluding hydrogens is 252 g/mol. The van der Waals surface area contributed by atoms with Crippen molar-refractivity contribution < 1.29 is 9.53 Å². The number of imidazole rings is 1. The Labute approximate surface area is 110 Å². The maximum Gasteiger partial charge on any atom is 0.153 e. The molecule has 0 aliphatic rings. The molecule has 94 valence electrons. The van der Waals surface area contributed by atoms with Crippen LogP contribution in [0.3, 0.4) is 0 Å². The van der Waals surface area contributed by atoms with Gasteiger partial charge in [-0.2, -0.15) is 0 Å². The molecule has 0 N–H and O–H groups in total. The van der Waals surface area contributed by atoms with Crippen LogP contribution in [0, 0.1) is 0 Å². The van der Waals surface area contributed by atoms with Crippen LogP contribution in [-0.4, -0.2) is 22.4 Å². The minimum absolute atomic E-state index is 0.461. The number of aryl methyl sites for hydroxylation is 1. The molecule has 0 unspecified atom stereocenters. The van der Waals surface area contributed by atoms with Crippen molar-refractivity contribution in [2.24, 2.45) is 7.05 Å². The van der Waals surface area contributed by atoms with Crippen LogP contribution >= 0.6 is 11.6 Å². The molecule has 0 spiro atoms. The second kappa shape index (κ2) is 5.69. The predicted molar refractivity (Wildman–Crippen MR) is 69.2 cm³/mol. The first-order valence-electron chi connectivity index (χ1n) is 5.54. The molecule has 1 aromatic carbocycles. The standard InChI is InChI=1S/C13H13ClN2O2/c1-16-6-5-15-13(16)4-7-18-12-3-2-11(14)8-10(12)9-17/h2-3,5-6,8-9H,4,7H2,1H3. The molecule has 0 aliphatic carbocycles. The highest BCUT2D eigenvalue weighted by Crippen LogP contribution is 2.21. The monoisotopic (exact) mass is 264 g/mol. The van der Waals surface area contributed by atoms with Gasteiger partial charge in [-0.25, -0.2) is 4.98 Å². The smallest absolute Gasteiger partial charge is 0.153 e. The lowest BCUT2D eigenvalue weighted by atomic mass is 10.2. The summed E-state index contributed by atoms with van der Waals surface area (Å²) in [5.41, 5.74) is 0.461. The number of hydrogen-bond donors (Lipinski definition) is 0. The van der Waals surface area contributed by atoms with E-state index in [1.807, 2.05) is 17.8 Å². The minimum Gasteiger partial charge on any atom is -0.492 e. The zero-order valence-corrected chi connectivity index (χ0v) is 10.7. The second-order valence-electron chi connectivity index (χ2n) is 3.85. The normalized spacial score (nSPS) is 10.3. The average molecular weight is 265 g/mol. The lowest BCUT2D eigenvalue weighted by Gasteiger charge is -2.08. The Bertz CT molecular complexity index is 552. The van der Waals surface area contributed by atoms with Crippen LogP contribution < -0.4 is 4.74 Å². The van der Waals surface area contributed by atoms with Crippen LogP contribution in [0.15, 0.2) is 30.6 Å². The van der Waals surface area contributed by atoms with E-state index in [1.54, 1.807) is 24.4 Å². The van der Waals surface area contributed by atoms with E-state index < -0.39 is 0 Å². The third-order valence-electron chi connectivity index (χ3n) is 2.60. The van der Waals surface area contributed by atoms with Crippen LogP contribution in [0.2, 0.25) is 5.02 Å². The van der Waals surface area contributed by atoms with Gasteiger partial charge in [-0.3, -0.25) is 4.79 Å². The molecule has 0 aliphatic heterocycles. The summed E-state index contributed by atoms with van der Waals surface area (Å²) in [5.74, 6) is 1.49. The molecule has 0 bridgehead atoms. The molecule has 5 heteroatoms. The fourth-order valence-electron chi connectivity index (χ4n) is 1.63. The molecule has 0 fully saturated rings. The number of ether oxygens (including phenoxy) is 1. The number of aromatic nitrogens is 2. The molecule has 0 radical (unpaired) electrons. The van der Waals surface area contributed by atoms with Gasteiger partial charge in [0.05, 0.1) is 12.2 Å². The fraction of sp³-hybridized carbons (Fsp3) is 0.231. The molecule has 0 amide bonds. The van der Waals surface area contributed by atoms with Gasteiger partial charge in [0, 0.05) is 30.9 Å². The first kappa shape index (κ1) is 12.6. The van der Waals surface area contributed by atoms with Gasteiger partial charge in [0.15, 0.2) is 6.29 Å². The molecular formula is C13H13ClN2O2. The van der Waals surface area contributed by atoms with Gasteiger partial charge in [0.25, 0.3) is 0 Å². The molecule has 2 aromatic rings. The van der Waals surface area contributed by atoms with Crippen LogP contribution in [-0.2, 0) is 13.5 Å². The van der Waals surface area contributed by atoms with E-state index in [1.165, 1.54) is 0 Å². The number of rotatable bonds is 5. The van der Waals surface area contributed by atoms with E-state index in [-0.39, 0.29) is 0 Å². The average Bonchev–Trinajstić information content (AvgIpc) is 2.77. The number of carbonyl (C=O) groups excluding carboxylic acids is 1. The lowest BCUT2D eigenvalue weighted by molar-refractivity contribution is 0.111. The summed E-state index contributed by atoms with van der Waals surface area (Å²) in [6.45, 7) is 0.466. The maximum atomic E-state index is 10.9. The Kier molecular flexibility index (Phi) is 3.99. The van der Waals surface area contributed by atoms with Gasteiger partial charge in [-0.15, -0.1) is 0 Å². The summed E-state index contributed by atoms with van der Waals surface area (Å²) in [6, 6.07) is 4.99. The SMILES string of the molecule is Cn1ccnc1CCOc1ccc(Cl)cc1C=O. The Hall–Kier alpha value is -1.81. The van der Waals surface area contributed by atoms with Crippen molar-refractivity contribution >= 4 is 17.9 Å². The Balaban J connectivity index is 1.98. The van der Waals surface area contributed by atoms with Gasteiger partial charge in [0.1, 0.15) is 11.6 Å². The lowest BCUT2D eigenvalue weighted by Crippen LogP contribution is -2.07. The number of benzene rings is 1. The number of aldehydes is 1. The maximum absolute atomic E-state index is 10.9. The van der Waals surface area contributed by atoms with Gasteiger partial charge in [-0.05, 0) is 18.2 Å². The van der Waals surface area contributed by atoms with Crippen LogP contribution in [0.5, 0.6) is 5.75 Å². The quantitative estimate of drug-likeness (QED) is 0.780. The summed E-state index contributed by atoms with van der Waals surface area (Å²) in [5, 5.41) is 0.522. The van der Waals surface area contributed by atoms with Crippen LogP contribution in [0.1, 0.15) is 16.2 Å². The van der Waals surface area contributed by atoms with Crippen LogP contribution in [0.4, 0.5) is 0 Å². The van der Waals surface area contributed by atoms with Gasteiger partial charge < -0.3 is 9.30 Å². The number of hydrogen-bond acceptors (Lipinski definition) is 3. The Morgan fingerprint density at radius 3 is 3.00 bits per heavy atom. The highest BCUT2D eigenvalue weighted by Gasteiger charge is 2.05. The highest BCUT2D eigenvalue weighted by atomic mass is 35.5. The van der Waals surface area contributed by atoms with Crippen molar-refractivity contribution in [2.45, 2.75) is 6.42 Å². The van der Waals surface area contributed by atoms with E-state index in [9.17, 15) is 4.79 Å². The van der Waals surface area contributed by atoms with E-state index in [2.05, 4.69) is 4.98 Å². The molecule has 0 atom stereocenters. The van der Waals surface area contributed by atoms with Crippen molar-refractivity contribution in [3.63, 3.8) is 0 Å². The van der Waals surface area contributed by atoms with Gasteiger partial charge in [0.2, 0.25) is 0 Å². The first-order valence-corrected chi connectivity index (χ1v) is 5.92. The van der Waals surface area contributed by atoms with Crippen molar-refractivity contribution in [3.05, 3.63) is 47.0 Å². The largest absolute Gasteiger partial charge is 0.492 e. The summed E-state index contributed by atoms with van der Waals surface area (Å²) in [6.07, 6.45) is 5.05.